The molecule has 0 N–H and O–H groups in total. The molecule has 0 amide bonds. The molecule has 1 aliphatic rings. The summed E-state index contributed by atoms with van der Waals surface area (Å²) in [6, 6.07) is 17.7. The van der Waals surface area contributed by atoms with Crippen molar-refractivity contribution in [2.75, 3.05) is 6.61 Å². The summed E-state index contributed by atoms with van der Waals surface area (Å²) in [7, 11) is 0. The third-order valence-electron chi connectivity index (χ3n) is 4.62. The highest BCUT2D eigenvalue weighted by Crippen LogP contribution is 2.43. The van der Waals surface area contributed by atoms with Crippen LogP contribution in [0.4, 0.5) is 0 Å². The zero-order chi connectivity index (χ0) is 17.7. The third-order valence-corrected chi connectivity index (χ3v) is 5.71. The Morgan fingerprint density at radius 3 is 2.52 bits per heavy atom. The van der Waals surface area contributed by atoms with E-state index >= 15 is 0 Å². The number of carbonyl (C=O) groups is 2. The van der Waals surface area contributed by atoms with Gasteiger partial charge >= 0.3 is 5.97 Å². The summed E-state index contributed by atoms with van der Waals surface area (Å²) in [4.78, 5) is 27.8. The molecule has 4 heteroatoms. The standard InChI is InChI=1S/C21H22O3S/c1-2-24-20(23)21(15-9-8-14-19(21)22)17-12-6-7-13-18(17)25-16-10-4-3-5-11-16/h3-7,10-13H,2,8-9,14-15H2,1H3. The normalized spacial score (nSPS) is 20.3. The topological polar surface area (TPSA) is 43.4 Å². The van der Waals surface area contributed by atoms with E-state index in [1.54, 1.807) is 18.7 Å². The molecule has 1 unspecified atom stereocenters. The van der Waals surface area contributed by atoms with Crippen molar-refractivity contribution < 1.29 is 14.3 Å². The Bertz CT molecular complexity index is 757. The molecule has 0 saturated heterocycles. The fraction of sp³-hybridized carbons (Fsp3) is 0.333. The van der Waals surface area contributed by atoms with Crippen molar-refractivity contribution in [1.29, 1.82) is 0 Å². The molecule has 1 atom stereocenters. The fourth-order valence-corrected chi connectivity index (χ4v) is 4.46. The van der Waals surface area contributed by atoms with Gasteiger partial charge in [-0.3, -0.25) is 9.59 Å². The molecule has 2 aromatic carbocycles. The molecular formula is C21H22O3S. The van der Waals surface area contributed by atoms with Crippen LogP contribution in [-0.2, 0) is 19.7 Å². The average molecular weight is 354 g/mol. The zero-order valence-corrected chi connectivity index (χ0v) is 15.2. The van der Waals surface area contributed by atoms with Crippen LogP contribution in [0, 0.1) is 0 Å². The molecule has 0 aliphatic heterocycles. The second-order valence-electron chi connectivity index (χ2n) is 6.17. The highest BCUT2D eigenvalue weighted by molar-refractivity contribution is 7.99. The maximum atomic E-state index is 12.9. The Morgan fingerprint density at radius 1 is 1.08 bits per heavy atom. The molecule has 3 rings (SSSR count). The number of carbonyl (C=O) groups excluding carboxylic acids is 2. The average Bonchev–Trinajstić information content (AvgIpc) is 2.64. The molecule has 0 aromatic heterocycles. The zero-order valence-electron chi connectivity index (χ0n) is 14.4. The minimum Gasteiger partial charge on any atom is -0.465 e. The molecule has 0 bridgehead atoms. The first-order valence-electron chi connectivity index (χ1n) is 8.71. The van der Waals surface area contributed by atoms with Crippen LogP contribution in [0.25, 0.3) is 0 Å². The van der Waals surface area contributed by atoms with E-state index in [4.69, 9.17) is 4.74 Å². The molecule has 130 valence electrons. The van der Waals surface area contributed by atoms with E-state index in [0.717, 1.165) is 28.2 Å². The van der Waals surface area contributed by atoms with E-state index in [2.05, 4.69) is 0 Å². The van der Waals surface area contributed by atoms with Gasteiger partial charge in [-0.25, -0.2) is 0 Å². The molecule has 1 saturated carbocycles. The van der Waals surface area contributed by atoms with Gasteiger partial charge in [-0.1, -0.05) is 54.6 Å². The summed E-state index contributed by atoms with van der Waals surface area (Å²) >= 11 is 1.58. The van der Waals surface area contributed by atoms with Gasteiger partial charge in [-0.2, -0.15) is 0 Å². The van der Waals surface area contributed by atoms with Crippen molar-refractivity contribution in [3.8, 4) is 0 Å². The van der Waals surface area contributed by atoms with E-state index in [0.29, 0.717) is 12.8 Å². The van der Waals surface area contributed by atoms with Gasteiger partial charge in [0.05, 0.1) is 6.61 Å². The first-order chi connectivity index (χ1) is 12.2. The van der Waals surface area contributed by atoms with Gasteiger partial charge < -0.3 is 4.74 Å². The maximum absolute atomic E-state index is 12.9. The van der Waals surface area contributed by atoms with Crippen molar-refractivity contribution in [2.24, 2.45) is 0 Å². The van der Waals surface area contributed by atoms with Gasteiger partial charge in [0.25, 0.3) is 0 Å². The Labute approximate surface area is 152 Å². The van der Waals surface area contributed by atoms with E-state index in [1.165, 1.54) is 0 Å². The number of esters is 1. The minimum atomic E-state index is -1.16. The lowest BCUT2D eigenvalue weighted by Crippen LogP contribution is -2.47. The predicted octanol–water partition coefficient (Wildman–Crippen LogP) is 4.78. The van der Waals surface area contributed by atoms with E-state index in [1.807, 2.05) is 54.6 Å². The van der Waals surface area contributed by atoms with Crippen molar-refractivity contribution >= 4 is 23.5 Å². The molecule has 0 heterocycles. The van der Waals surface area contributed by atoms with Gasteiger partial charge in [0.1, 0.15) is 0 Å². The molecule has 25 heavy (non-hydrogen) atoms. The van der Waals surface area contributed by atoms with Gasteiger partial charge in [0.15, 0.2) is 11.2 Å². The van der Waals surface area contributed by atoms with Crippen molar-refractivity contribution in [3.63, 3.8) is 0 Å². The number of rotatable bonds is 5. The van der Waals surface area contributed by atoms with Crippen molar-refractivity contribution in [2.45, 2.75) is 47.8 Å². The number of Topliss-reactive ketones (excluding diaryl/α,β-unsaturated/α-hetero) is 1. The van der Waals surface area contributed by atoms with Crippen LogP contribution in [0.15, 0.2) is 64.4 Å². The van der Waals surface area contributed by atoms with Gasteiger partial charge in [-0.15, -0.1) is 0 Å². The van der Waals surface area contributed by atoms with Crippen LogP contribution in [0.3, 0.4) is 0 Å². The summed E-state index contributed by atoms with van der Waals surface area (Å²) in [5, 5.41) is 0. The lowest BCUT2D eigenvalue weighted by atomic mass is 9.68. The van der Waals surface area contributed by atoms with E-state index in [9.17, 15) is 9.59 Å². The highest BCUT2D eigenvalue weighted by Gasteiger charge is 2.50. The number of hydrogen-bond donors (Lipinski definition) is 0. The van der Waals surface area contributed by atoms with Gasteiger partial charge in [-0.05, 0) is 43.5 Å². The van der Waals surface area contributed by atoms with Crippen LogP contribution < -0.4 is 0 Å². The Hall–Kier alpha value is -2.07. The summed E-state index contributed by atoms with van der Waals surface area (Å²) in [6.45, 7) is 2.06. The quantitative estimate of drug-likeness (QED) is 0.572. The fourth-order valence-electron chi connectivity index (χ4n) is 3.42. The van der Waals surface area contributed by atoms with Crippen LogP contribution in [0.2, 0.25) is 0 Å². The predicted molar refractivity (Wildman–Crippen MR) is 98.8 cm³/mol. The molecule has 2 aromatic rings. The lowest BCUT2D eigenvalue weighted by Gasteiger charge is -2.35. The first-order valence-corrected chi connectivity index (χ1v) is 9.53. The molecular weight excluding hydrogens is 332 g/mol. The highest BCUT2D eigenvalue weighted by atomic mass is 32.2. The molecule has 0 radical (unpaired) electrons. The number of benzene rings is 2. The maximum Gasteiger partial charge on any atom is 0.324 e. The van der Waals surface area contributed by atoms with Crippen molar-refractivity contribution in [3.05, 3.63) is 60.2 Å². The number of ether oxygens (including phenoxy) is 1. The summed E-state index contributed by atoms with van der Waals surface area (Å²) < 4.78 is 5.35. The van der Waals surface area contributed by atoms with Crippen LogP contribution in [0.5, 0.6) is 0 Å². The van der Waals surface area contributed by atoms with E-state index < -0.39 is 11.4 Å². The van der Waals surface area contributed by atoms with Gasteiger partial charge in [0, 0.05) is 16.2 Å². The van der Waals surface area contributed by atoms with Crippen LogP contribution in [-0.4, -0.2) is 18.4 Å². The van der Waals surface area contributed by atoms with Crippen LogP contribution >= 0.6 is 11.8 Å². The smallest absolute Gasteiger partial charge is 0.324 e. The molecule has 3 nitrogen and oxygen atoms in total. The minimum absolute atomic E-state index is 0.0155. The van der Waals surface area contributed by atoms with E-state index in [-0.39, 0.29) is 12.4 Å². The summed E-state index contributed by atoms with van der Waals surface area (Å²) in [5.41, 5.74) is -0.376. The second-order valence-corrected chi connectivity index (χ2v) is 7.28. The number of hydrogen-bond acceptors (Lipinski definition) is 4. The summed E-state index contributed by atoms with van der Waals surface area (Å²) in [5.74, 6) is -0.417. The van der Waals surface area contributed by atoms with Crippen molar-refractivity contribution in [1.82, 2.24) is 0 Å². The van der Waals surface area contributed by atoms with Crippen LogP contribution in [0.1, 0.15) is 38.2 Å². The number of ketones is 1. The first kappa shape index (κ1) is 17.7. The Balaban J connectivity index is 2.07. The molecule has 1 aliphatic carbocycles. The largest absolute Gasteiger partial charge is 0.465 e. The molecule has 1 fully saturated rings. The summed E-state index contributed by atoms with van der Waals surface area (Å²) in [6.07, 6.45) is 2.66. The Kier molecular flexibility index (Phi) is 5.59. The third kappa shape index (κ3) is 3.49. The Morgan fingerprint density at radius 2 is 1.80 bits per heavy atom. The second kappa shape index (κ2) is 7.87. The SMILES string of the molecule is CCOC(=O)C1(c2ccccc2Sc2ccccc2)CCCCC1=O. The molecule has 0 spiro atoms. The monoisotopic (exact) mass is 354 g/mol. The lowest BCUT2D eigenvalue weighted by molar-refractivity contribution is -0.155. The van der Waals surface area contributed by atoms with Gasteiger partial charge in [0.2, 0.25) is 0 Å².